The fourth-order valence-corrected chi connectivity index (χ4v) is 1.60. The number of benzene rings is 1. The van der Waals surface area contributed by atoms with E-state index in [-0.39, 0.29) is 16.4 Å². The van der Waals surface area contributed by atoms with Crippen LogP contribution in [0.4, 0.5) is 17.1 Å². The summed E-state index contributed by atoms with van der Waals surface area (Å²) in [5, 5.41) is 34.5. The van der Waals surface area contributed by atoms with E-state index in [1.54, 1.807) is 0 Å². The van der Waals surface area contributed by atoms with Crippen molar-refractivity contribution in [2.45, 2.75) is 26.3 Å². The van der Waals surface area contributed by atoms with E-state index in [1.165, 1.54) is 19.9 Å². The van der Waals surface area contributed by atoms with Crippen LogP contribution in [0.15, 0.2) is 12.1 Å². The molecule has 0 spiro atoms. The van der Waals surface area contributed by atoms with Gasteiger partial charge in [-0.05, 0) is 19.9 Å². The fourth-order valence-electron chi connectivity index (χ4n) is 1.39. The van der Waals surface area contributed by atoms with Crippen molar-refractivity contribution in [1.82, 2.24) is 0 Å². The summed E-state index contributed by atoms with van der Waals surface area (Å²) in [7, 11) is 0. The molecule has 100 valence electrons. The molecule has 2 atom stereocenters. The monoisotopic (exact) mass is 275 g/mol. The van der Waals surface area contributed by atoms with Crippen LogP contribution in [0.3, 0.4) is 0 Å². The number of nitro benzene ring substituents is 1. The number of nitrogens with one attached hydrogen (secondary N) is 2. The molecule has 7 nitrogen and oxygen atoms in total. The standard InChI is InChI=1S/C10H14ClN3O4/c1-5(15)12-8-4-9(13-6(2)16)10(14(17)18)3-7(8)11/h3-6,12-13,15-16H,1-2H3. The molecular formula is C10H14ClN3O4. The van der Waals surface area contributed by atoms with Crippen LogP contribution in [0.5, 0.6) is 0 Å². The molecule has 0 bridgehead atoms. The molecule has 0 saturated carbocycles. The fraction of sp³-hybridized carbons (Fsp3) is 0.400. The van der Waals surface area contributed by atoms with E-state index in [9.17, 15) is 20.3 Å². The summed E-state index contributed by atoms with van der Waals surface area (Å²) >= 11 is 5.86. The van der Waals surface area contributed by atoms with Crippen LogP contribution < -0.4 is 10.6 Å². The van der Waals surface area contributed by atoms with Gasteiger partial charge in [0, 0.05) is 6.07 Å². The predicted octanol–water partition coefficient (Wildman–Crippen LogP) is 1.75. The van der Waals surface area contributed by atoms with Crippen LogP contribution in [0.25, 0.3) is 0 Å². The Morgan fingerprint density at radius 3 is 2.17 bits per heavy atom. The number of nitro groups is 1. The molecule has 0 aromatic heterocycles. The number of halogens is 1. The Labute approximate surface area is 109 Å². The maximum Gasteiger partial charge on any atom is 0.294 e. The summed E-state index contributed by atoms with van der Waals surface area (Å²) in [6, 6.07) is 2.51. The lowest BCUT2D eigenvalue weighted by atomic mass is 10.2. The van der Waals surface area contributed by atoms with Crippen LogP contribution >= 0.6 is 11.6 Å². The van der Waals surface area contributed by atoms with E-state index in [0.29, 0.717) is 5.69 Å². The van der Waals surface area contributed by atoms with E-state index < -0.39 is 17.4 Å². The molecule has 0 fully saturated rings. The Balaban J connectivity index is 3.21. The topological polar surface area (TPSA) is 108 Å². The van der Waals surface area contributed by atoms with Crippen molar-refractivity contribution in [3.63, 3.8) is 0 Å². The number of hydrogen-bond donors (Lipinski definition) is 4. The molecule has 2 unspecified atom stereocenters. The van der Waals surface area contributed by atoms with Gasteiger partial charge in [-0.2, -0.15) is 0 Å². The third kappa shape index (κ3) is 3.73. The van der Waals surface area contributed by atoms with Gasteiger partial charge in [0.15, 0.2) is 0 Å². The highest BCUT2D eigenvalue weighted by molar-refractivity contribution is 6.33. The van der Waals surface area contributed by atoms with Crippen LogP contribution in [0.1, 0.15) is 13.8 Å². The SMILES string of the molecule is CC(O)Nc1cc(NC(C)O)c([N+](=O)[O-])cc1Cl. The summed E-state index contributed by atoms with van der Waals surface area (Å²) in [6.07, 6.45) is -1.81. The van der Waals surface area contributed by atoms with Gasteiger partial charge < -0.3 is 20.8 Å². The van der Waals surface area contributed by atoms with E-state index in [2.05, 4.69) is 10.6 Å². The molecule has 1 aromatic rings. The van der Waals surface area contributed by atoms with Crippen molar-refractivity contribution in [1.29, 1.82) is 0 Å². The Morgan fingerprint density at radius 2 is 1.72 bits per heavy atom. The highest BCUT2D eigenvalue weighted by Gasteiger charge is 2.18. The number of aliphatic hydroxyl groups is 2. The van der Waals surface area contributed by atoms with Crippen molar-refractivity contribution in [3.8, 4) is 0 Å². The number of hydrogen-bond acceptors (Lipinski definition) is 6. The van der Waals surface area contributed by atoms with E-state index >= 15 is 0 Å². The van der Waals surface area contributed by atoms with Gasteiger partial charge in [0.2, 0.25) is 0 Å². The maximum atomic E-state index is 10.8. The minimum Gasteiger partial charge on any atom is -0.374 e. The molecule has 4 N–H and O–H groups in total. The second kappa shape index (κ2) is 5.85. The molecule has 1 aromatic carbocycles. The second-order valence-electron chi connectivity index (χ2n) is 3.75. The largest absolute Gasteiger partial charge is 0.374 e. The minimum atomic E-state index is -0.954. The van der Waals surface area contributed by atoms with E-state index in [4.69, 9.17) is 11.6 Å². The van der Waals surface area contributed by atoms with Crippen LogP contribution in [0, 0.1) is 10.1 Å². The Morgan fingerprint density at radius 1 is 1.22 bits per heavy atom. The van der Waals surface area contributed by atoms with Crippen molar-refractivity contribution in [2.24, 2.45) is 0 Å². The zero-order valence-electron chi connectivity index (χ0n) is 9.85. The minimum absolute atomic E-state index is 0.110. The van der Waals surface area contributed by atoms with Gasteiger partial charge in [-0.3, -0.25) is 10.1 Å². The summed E-state index contributed by atoms with van der Waals surface area (Å²) in [4.78, 5) is 10.2. The summed E-state index contributed by atoms with van der Waals surface area (Å²) in [5.74, 6) is 0. The first kappa shape index (κ1) is 14.5. The van der Waals surface area contributed by atoms with Gasteiger partial charge in [0.1, 0.15) is 18.1 Å². The molecule has 0 heterocycles. The first-order chi connectivity index (χ1) is 8.31. The number of rotatable bonds is 5. The van der Waals surface area contributed by atoms with Crippen molar-refractivity contribution in [2.75, 3.05) is 10.6 Å². The Hall–Kier alpha value is -1.57. The zero-order valence-corrected chi connectivity index (χ0v) is 10.6. The van der Waals surface area contributed by atoms with Gasteiger partial charge in [0.05, 0.1) is 15.6 Å². The number of nitrogens with zero attached hydrogens (tertiary/aromatic N) is 1. The summed E-state index contributed by atoms with van der Waals surface area (Å²) in [6.45, 7) is 2.92. The number of aliphatic hydroxyl groups excluding tert-OH is 2. The highest BCUT2D eigenvalue weighted by Crippen LogP contribution is 2.34. The molecule has 0 saturated heterocycles. The third-order valence-corrected chi connectivity index (χ3v) is 2.32. The first-order valence-electron chi connectivity index (χ1n) is 5.18. The number of anilines is 2. The molecule has 1 rings (SSSR count). The Bertz CT molecular complexity index is 451. The molecule has 0 aliphatic heterocycles. The van der Waals surface area contributed by atoms with E-state index in [1.807, 2.05) is 0 Å². The van der Waals surface area contributed by atoms with Gasteiger partial charge >= 0.3 is 0 Å². The van der Waals surface area contributed by atoms with Gasteiger partial charge in [-0.15, -0.1) is 0 Å². The summed E-state index contributed by atoms with van der Waals surface area (Å²) in [5.41, 5.74) is 0.194. The van der Waals surface area contributed by atoms with Crippen LogP contribution in [-0.4, -0.2) is 27.6 Å². The highest BCUT2D eigenvalue weighted by atomic mass is 35.5. The lowest BCUT2D eigenvalue weighted by Gasteiger charge is -2.15. The molecule has 8 heteroatoms. The molecule has 0 amide bonds. The van der Waals surface area contributed by atoms with Crippen molar-refractivity contribution >= 4 is 28.7 Å². The smallest absolute Gasteiger partial charge is 0.294 e. The van der Waals surface area contributed by atoms with E-state index in [0.717, 1.165) is 6.07 Å². The van der Waals surface area contributed by atoms with Crippen LogP contribution in [0.2, 0.25) is 5.02 Å². The van der Waals surface area contributed by atoms with Crippen molar-refractivity contribution < 1.29 is 15.1 Å². The normalized spacial score (nSPS) is 13.8. The maximum absolute atomic E-state index is 10.8. The first-order valence-corrected chi connectivity index (χ1v) is 5.56. The molecule has 18 heavy (non-hydrogen) atoms. The predicted molar refractivity (Wildman–Crippen MR) is 68.7 cm³/mol. The quantitative estimate of drug-likeness (QED) is 0.370. The summed E-state index contributed by atoms with van der Waals surface area (Å²) < 4.78 is 0. The lowest BCUT2D eigenvalue weighted by Crippen LogP contribution is -2.17. The average Bonchev–Trinajstić information content (AvgIpc) is 2.20. The van der Waals surface area contributed by atoms with Gasteiger partial charge in [-0.1, -0.05) is 11.6 Å². The van der Waals surface area contributed by atoms with Gasteiger partial charge in [-0.25, -0.2) is 0 Å². The molecular weight excluding hydrogens is 262 g/mol. The zero-order chi connectivity index (χ0) is 13.9. The lowest BCUT2D eigenvalue weighted by molar-refractivity contribution is -0.384. The average molecular weight is 276 g/mol. The van der Waals surface area contributed by atoms with Crippen molar-refractivity contribution in [3.05, 3.63) is 27.3 Å². The van der Waals surface area contributed by atoms with Gasteiger partial charge in [0.25, 0.3) is 5.69 Å². The second-order valence-corrected chi connectivity index (χ2v) is 4.15. The van der Waals surface area contributed by atoms with Crippen LogP contribution in [-0.2, 0) is 0 Å². The molecule has 0 aliphatic rings. The Kier molecular flexibility index (Phi) is 4.71. The molecule has 0 aliphatic carbocycles. The third-order valence-electron chi connectivity index (χ3n) is 2.01. The molecule has 0 radical (unpaired) electrons.